The van der Waals surface area contributed by atoms with Gasteiger partial charge >= 0.3 is 6.09 Å². The molecule has 1 heterocycles. The number of amides is 2. The number of hydrogen-bond acceptors (Lipinski definition) is 5. The number of unbranched alkanes of at least 4 members (excludes halogenated alkanes) is 2. The van der Waals surface area contributed by atoms with Crippen LogP contribution in [0.4, 0.5) is 9.93 Å². The van der Waals surface area contributed by atoms with Gasteiger partial charge in [0.1, 0.15) is 12.6 Å². The number of ether oxygens (including phenoxy) is 1. The maximum Gasteiger partial charge on any atom is 0.408 e. The Morgan fingerprint density at radius 3 is 2.45 bits per heavy atom. The molecule has 2 N–H and O–H groups in total. The van der Waals surface area contributed by atoms with Crippen LogP contribution in [0.5, 0.6) is 0 Å². The number of nitrogens with zero attached hydrogens (tertiary/aromatic N) is 1. The van der Waals surface area contributed by atoms with E-state index in [0.717, 1.165) is 36.1 Å². The predicted octanol–water partition coefficient (Wildman–Crippen LogP) is 5.62. The fourth-order valence-electron chi connectivity index (χ4n) is 3.04. The Morgan fingerprint density at radius 1 is 1.03 bits per heavy atom. The van der Waals surface area contributed by atoms with E-state index in [1.807, 2.05) is 66.0 Å². The van der Waals surface area contributed by atoms with E-state index in [1.54, 1.807) is 0 Å². The standard InChI is InChI=1S/C24H27N3O3S/c1-2-3-6-15-20(26-24(29)30-16-18-11-7-4-8-12-18)22(28)27-23-25-21(17-31-23)19-13-9-5-10-14-19/h4-5,7-14,17,20H,2-3,6,15-16H2,1H3,(H,26,29)(H,25,27,28)/t20-/m0/s1. The third-order valence-corrected chi connectivity index (χ3v) is 5.48. The molecule has 0 saturated heterocycles. The summed E-state index contributed by atoms with van der Waals surface area (Å²) in [5, 5.41) is 7.95. The Balaban J connectivity index is 1.58. The minimum absolute atomic E-state index is 0.156. The van der Waals surface area contributed by atoms with E-state index in [2.05, 4.69) is 22.5 Å². The van der Waals surface area contributed by atoms with Gasteiger partial charge in [0.15, 0.2) is 5.13 Å². The maximum absolute atomic E-state index is 12.8. The number of carbonyl (C=O) groups excluding carboxylic acids is 2. The lowest BCUT2D eigenvalue weighted by Crippen LogP contribution is -2.44. The third kappa shape index (κ3) is 7.22. The van der Waals surface area contributed by atoms with Crippen molar-refractivity contribution < 1.29 is 14.3 Å². The number of nitrogens with one attached hydrogen (secondary N) is 2. The highest BCUT2D eigenvalue weighted by molar-refractivity contribution is 7.14. The van der Waals surface area contributed by atoms with Gasteiger partial charge < -0.3 is 15.4 Å². The average molecular weight is 438 g/mol. The van der Waals surface area contributed by atoms with Crippen molar-refractivity contribution in [2.45, 2.75) is 45.3 Å². The molecular formula is C24H27N3O3S. The SMILES string of the molecule is CCCCC[C@H](NC(=O)OCc1ccccc1)C(=O)Nc1nc(-c2ccccc2)cs1. The summed E-state index contributed by atoms with van der Waals surface area (Å²) in [7, 11) is 0. The number of thiazole rings is 1. The zero-order valence-electron chi connectivity index (χ0n) is 17.5. The van der Waals surface area contributed by atoms with E-state index in [-0.39, 0.29) is 12.5 Å². The predicted molar refractivity (Wildman–Crippen MR) is 124 cm³/mol. The van der Waals surface area contributed by atoms with Gasteiger partial charge in [-0.25, -0.2) is 9.78 Å². The molecule has 2 aromatic carbocycles. The first-order valence-electron chi connectivity index (χ1n) is 10.4. The van der Waals surface area contributed by atoms with Crippen molar-refractivity contribution in [2.24, 2.45) is 0 Å². The van der Waals surface area contributed by atoms with E-state index in [1.165, 1.54) is 11.3 Å². The highest BCUT2D eigenvalue weighted by Gasteiger charge is 2.22. The molecule has 31 heavy (non-hydrogen) atoms. The van der Waals surface area contributed by atoms with Gasteiger partial charge in [0.05, 0.1) is 5.69 Å². The van der Waals surface area contributed by atoms with Gasteiger partial charge in [-0.1, -0.05) is 86.8 Å². The van der Waals surface area contributed by atoms with Crippen molar-refractivity contribution in [3.05, 3.63) is 71.6 Å². The van der Waals surface area contributed by atoms with E-state index in [4.69, 9.17) is 4.74 Å². The van der Waals surface area contributed by atoms with Gasteiger partial charge in [-0.15, -0.1) is 11.3 Å². The van der Waals surface area contributed by atoms with Crippen LogP contribution in [-0.2, 0) is 16.1 Å². The summed E-state index contributed by atoms with van der Waals surface area (Å²) in [6.45, 7) is 2.25. The maximum atomic E-state index is 12.8. The number of hydrogen-bond donors (Lipinski definition) is 2. The lowest BCUT2D eigenvalue weighted by atomic mass is 10.1. The number of carbonyl (C=O) groups is 2. The number of alkyl carbamates (subject to hydrolysis) is 1. The van der Waals surface area contributed by atoms with Crippen LogP contribution in [0, 0.1) is 0 Å². The molecule has 0 spiro atoms. The van der Waals surface area contributed by atoms with Gasteiger partial charge in [-0.3, -0.25) is 4.79 Å². The lowest BCUT2D eigenvalue weighted by Gasteiger charge is -2.17. The molecule has 3 aromatic rings. The highest BCUT2D eigenvalue weighted by Crippen LogP contribution is 2.24. The van der Waals surface area contributed by atoms with Crippen LogP contribution < -0.4 is 10.6 Å². The van der Waals surface area contributed by atoms with Gasteiger partial charge in [0.25, 0.3) is 0 Å². The summed E-state index contributed by atoms with van der Waals surface area (Å²) in [5.74, 6) is -0.290. The molecule has 162 valence electrons. The van der Waals surface area contributed by atoms with Crippen molar-refractivity contribution >= 4 is 28.5 Å². The number of rotatable bonds is 10. The largest absolute Gasteiger partial charge is 0.445 e. The minimum Gasteiger partial charge on any atom is -0.445 e. The number of anilines is 1. The number of benzene rings is 2. The Labute approximate surface area is 186 Å². The molecule has 6 nitrogen and oxygen atoms in total. The Hall–Kier alpha value is -3.19. The Kier molecular flexibility index (Phi) is 8.60. The first kappa shape index (κ1) is 22.5. The van der Waals surface area contributed by atoms with E-state index >= 15 is 0 Å². The zero-order chi connectivity index (χ0) is 21.9. The molecule has 1 aromatic heterocycles. The molecule has 0 aliphatic rings. The molecular weight excluding hydrogens is 410 g/mol. The van der Waals surface area contributed by atoms with Crippen LogP contribution >= 0.6 is 11.3 Å². The topological polar surface area (TPSA) is 80.3 Å². The van der Waals surface area contributed by atoms with Gasteiger partial charge in [-0.05, 0) is 12.0 Å². The van der Waals surface area contributed by atoms with Gasteiger partial charge in [0, 0.05) is 10.9 Å². The summed E-state index contributed by atoms with van der Waals surface area (Å²) >= 11 is 1.36. The quantitative estimate of drug-likeness (QED) is 0.403. The molecule has 2 amide bonds. The first-order valence-corrected chi connectivity index (χ1v) is 11.3. The monoisotopic (exact) mass is 437 g/mol. The summed E-state index contributed by atoms with van der Waals surface area (Å²) in [5.41, 5.74) is 2.68. The van der Waals surface area contributed by atoms with E-state index in [0.29, 0.717) is 11.6 Å². The first-order chi connectivity index (χ1) is 15.2. The molecule has 1 atom stereocenters. The van der Waals surface area contributed by atoms with Crippen LogP contribution in [0.3, 0.4) is 0 Å². The van der Waals surface area contributed by atoms with Crippen molar-refractivity contribution in [3.63, 3.8) is 0 Å². The van der Waals surface area contributed by atoms with Crippen LogP contribution in [0.1, 0.15) is 38.2 Å². The Morgan fingerprint density at radius 2 is 1.74 bits per heavy atom. The second-order valence-corrected chi connectivity index (χ2v) is 8.01. The van der Waals surface area contributed by atoms with Crippen molar-refractivity contribution in [2.75, 3.05) is 5.32 Å². The molecule has 0 bridgehead atoms. The van der Waals surface area contributed by atoms with E-state index in [9.17, 15) is 9.59 Å². The van der Waals surface area contributed by atoms with Gasteiger partial charge in [0.2, 0.25) is 5.91 Å². The van der Waals surface area contributed by atoms with Crippen LogP contribution in [0.2, 0.25) is 0 Å². The van der Waals surface area contributed by atoms with Crippen molar-refractivity contribution in [1.29, 1.82) is 0 Å². The fraction of sp³-hybridized carbons (Fsp3) is 0.292. The molecule has 0 saturated carbocycles. The van der Waals surface area contributed by atoms with Crippen LogP contribution in [0.15, 0.2) is 66.0 Å². The lowest BCUT2D eigenvalue weighted by molar-refractivity contribution is -0.118. The van der Waals surface area contributed by atoms with Crippen LogP contribution in [-0.4, -0.2) is 23.0 Å². The van der Waals surface area contributed by atoms with Gasteiger partial charge in [-0.2, -0.15) is 0 Å². The average Bonchev–Trinajstić information content (AvgIpc) is 3.27. The van der Waals surface area contributed by atoms with Crippen molar-refractivity contribution in [1.82, 2.24) is 10.3 Å². The molecule has 0 aliphatic carbocycles. The second kappa shape index (κ2) is 11.9. The molecule has 3 rings (SSSR count). The summed E-state index contributed by atoms with van der Waals surface area (Å²) in [6, 6.07) is 18.5. The van der Waals surface area contributed by atoms with E-state index < -0.39 is 12.1 Å². The highest BCUT2D eigenvalue weighted by atomic mass is 32.1. The second-order valence-electron chi connectivity index (χ2n) is 7.15. The fourth-order valence-corrected chi connectivity index (χ4v) is 3.76. The summed E-state index contributed by atoms with van der Waals surface area (Å²) in [4.78, 5) is 29.6. The molecule has 0 aliphatic heterocycles. The summed E-state index contributed by atoms with van der Waals surface area (Å²) in [6.07, 6.45) is 2.78. The Bertz CT molecular complexity index is 960. The molecule has 0 radical (unpaired) electrons. The molecule has 0 fully saturated rings. The molecule has 0 unspecified atom stereocenters. The minimum atomic E-state index is -0.682. The third-order valence-electron chi connectivity index (χ3n) is 4.72. The van der Waals surface area contributed by atoms with Crippen LogP contribution in [0.25, 0.3) is 11.3 Å². The van der Waals surface area contributed by atoms with Crippen molar-refractivity contribution in [3.8, 4) is 11.3 Å². The zero-order valence-corrected chi connectivity index (χ0v) is 18.4. The summed E-state index contributed by atoms with van der Waals surface area (Å²) < 4.78 is 5.28. The normalized spacial score (nSPS) is 11.5. The molecule has 7 heteroatoms. The smallest absolute Gasteiger partial charge is 0.408 e. The number of aromatic nitrogens is 1.